The van der Waals surface area contributed by atoms with Crippen molar-refractivity contribution in [2.24, 2.45) is 0 Å². The minimum Gasteiger partial charge on any atom is -0.504 e. The van der Waals surface area contributed by atoms with E-state index in [0.717, 1.165) is 18.2 Å². The van der Waals surface area contributed by atoms with Crippen LogP contribution in [0.5, 0.6) is 23.0 Å². The molecule has 0 bridgehead atoms. The van der Waals surface area contributed by atoms with Crippen LogP contribution in [0.2, 0.25) is 0 Å². The van der Waals surface area contributed by atoms with E-state index in [2.05, 4.69) is 0 Å². The van der Waals surface area contributed by atoms with Crippen molar-refractivity contribution in [3.63, 3.8) is 0 Å². The number of carbonyl (C=O) groups excluding carboxylic acids is 1. The molecule has 2 aromatic carbocycles. The van der Waals surface area contributed by atoms with Crippen molar-refractivity contribution >= 4 is 18.0 Å². The number of aromatic hydroxyl groups is 4. The Kier molecular flexibility index (Phi) is 5.13. The van der Waals surface area contributed by atoms with Gasteiger partial charge in [0.15, 0.2) is 23.0 Å². The summed E-state index contributed by atoms with van der Waals surface area (Å²) >= 11 is 0. The first-order chi connectivity index (χ1) is 11.8. The molecule has 0 unspecified atom stereocenters. The Labute approximate surface area is 141 Å². The second-order valence-electron chi connectivity index (χ2n) is 4.98. The van der Waals surface area contributed by atoms with E-state index in [0.29, 0.717) is 5.56 Å². The zero-order chi connectivity index (χ0) is 18.6. The molecule has 0 spiro atoms. The molecule has 2 rings (SSSR count). The third-order valence-corrected chi connectivity index (χ3v) is 3.17. The van der Waals surface area contributed by atoms with Gasteiger partial charge in [-0.2, -0.15) is 0 Å². The number of aliphatic carboxylic acids is 1. The number of hydrogen-bond acceptors (Lipinski definition) is 7. The van der Waals surface area contributed by atoms with E-state index in [9.17, 15) is 35.1 Å². The third kappa shape index (κ3) is 4.41. The molecule has 130 valence electrons. The van der Waals surface area contributed by atoms with Gasteiger partial charge in [0.2, 0.25) is 6.10 Å². The maximum Gasteiger partial charge on any atom is 0.349 e. The van der Waals surface area contributed by atoms with Crippen molar-refractivity contribution in [1.29, 1.82) is 0 Å². The monoisotopic (exact) mass is 346 g/mol. The summed E-state index contributed by atoms with van der Waals surface area (Å²) in [6, 6.07) is 7.09. The van der Waals surface area contributed by atoms with Gasteiger partial charge in [0.1, 0.15) is 0 Å². The smallest absolute Gasteiger partial charge is 0.349 e. The van der Waals surface area contributed by atoms with Gasteiger partial charge < -0.3 is 30.3 Å². The van der Waals surface area contributed by atoms with Crippen molar-refractivity contribution in [2.45, 2.75) is 6.10 Å². The average molecular weight is 346 g/mol. The molecule has 2 aromatic rings. The summed E-state index contributed by atoms with van der Waals surface area (Å²) in [7, 11) is 0. The lowest BCUT2D eigenvalue weighted by molar-refractivity contribution is -0.161. The number of rotatable bonds is 5. The van der Waals surface area contributed by atoms with E-state index in [-0.39, 0.29) is 17.1 Å². The highest BCUT2D eigenvalue weighted by Crippen LogP contribution is 2.29. The number of phenols is 4. The van der Waals surface area contributed by atoms with Crippen LogP contribution in [0.1, 0.15) is 17.2 Å². The number of phenolic OH excluding ortho intramolecular Hbond substituents is 4. The number of hydrogen-bond donors (Lipinski definition) is 5. The fraction of sp³-hybridized carbons (Fsp3) is 0.0588. The summed E-state index contributed by atoms with van der Waals surface area (Å²) in [4.78, 5) is 23.1. The molecule has 0 saturated heterocycles. The Balaban J connectivity index is 2.14. The van der Waals surface area contributed by atoms with Crippen LogP contribution in [-0.4, -0.2) is 37.5 Å². The van der Waals surface area contributed by atoms with Crippen molar-refractivity contribution in [2.75, 3.05) is 0 Å². The molecule has 5 N–H and O–H groups in total. The van der Waals surface area contributed by atoms with Gasteiger partial charge in [-0.1, -0.05) is 12.1 Å². The van der Waals surface area contributed by atoms with E-state index in [4.69, 9.17) is 4.74 Å². The summed E-state index contributed by atoms with van der Waals surface area (Å²) in [5.74, 6) is -4.13. The summed E-state index contributed by atoms with van der Waals surface area (Å²) in [5, 5.41) is 46.4. The zero-order valence-electron chi connectivity index (χ0n) is 12.7. The molecule has 0 aliphatic carbocycles. The molecule has 0 amide bonds. The molecule has 0 fully saturated rings. The minimum atomic E-state index is -1.68. The molecule has 1 atom stereocenters. The topological polar surface area (TPSA) is 145 Å². The highest BCUT2D eigenvalue weighted by Gasteiger charge is 2.24. The molecule has 0 aliphatic heterocycles. The molecule has 0 heterocycles. The number of carbonyl (C=O) groups is 2. The Morgan fingerprint density at radius 1 is 0.880 bits per heavy atom. The van der Waals surface area contributed by atoms with Crippen molar-refractivity contribution in [3.8, 4) is 23.0 Å². The second kappa shape index (κ2) is 7.26. The van der Waals surface area contributed by atoms with Crippen LogP contribution in [0.4, 0.5) is 0 Å². The van der Waals surface area contributed by atoms with Gasteiger partial charge in [0, 0.05) is 11.6 Å². The van der Waals surface area contributed by atoms with Gasteiger partial charge in [-0.15, -0.1) is 0 Å². The average Bonchev–Trinajstić information content (AvgIpc) is 2.56. The van der Waals surface area contributed by atoms with Gasteiger partial charge in [0.05, 0.1) is 0 Å². The quantitative estimate of drug-likeness (QED) is 0.313. The van der Waals surface area contributed by atoms with Crippen LogP contribution in [0, 0.1) is 0 Å². The van der Waals surface area contributed by atoms with E-state index >= 15 is 0 Å². The van der Waals surface area contributed by atoms with Gasteiger partial charge in [-0.05, 0) is 35.9 Å². The van der Waals surface area contributed by atoms with Crippen LogP contribution < -0.4 is 0 Å². The van der Waals surface area contributed by atoms with E-state index in [1.165, 1.54) is 30.3 Å². The summed E-state index contributed by atoms with van der Waals surface area (Å²) in [5.41, 5.74) is 0.341. The molecule has 8 nitrogen and oxygen atoms in total. The normalized spacial score (nSPS) is 12.0. The highest BCUT2D eigenvalue weighted by molar-refractivity contribution is 5.89. The van der Waals surface area contributed by atoms with Crippen LogP contribution in [0.25, 0.3) is 6.08 Å². The molecular weight excluding hydrogens is 332 g/mol. The fourth-order valence-corrected chi connectivity index (χ4v) is 1.93. The largest absolute Gasteiger partial charge is 0.504 e. The van der Waals surface area contributed by atoms with E-state index in [1.807, 2.05) is 0 Å². The van der Waals surface area contributed by atoms with Crippen molar-refractivity contribution in [1.82, 2.24) is 0 Å². The van der Waals surface area contributed by atoms with Crippen LogP contribution in [0.15, 0.2) is 42.5 Å². The third-order valence-electron chi connectivity index (χ3n) is 3.17. The minimum absolute atomic E-state index is 0.0353. The summed E-state index contributed by atoms with van der Waals surface area (Å²) < 4.78 is 4.84. The van der Waals surface area contributed by atoms with Crippen molar-refractivity contribution < 1.29 is 39.9 Å². The number of carboxylic acid groups (broad SMARTS) is 1. The SMILES string of the molecule is O=C(C=Cc1ccc(O)c(O)c1)O[C@@H](C(=O)O)c1ccc(O)c(O)c1. The van der Waals surface area contributed by atoms with Gasteiger partial charge >= 0.3 is 11.9 Å². The first kappa shape index (κ1) is 17.7. The maximum absolute atomic E-state index is 11.8. The predicted octanol–water partition coefficient (Wildman–Crippen LogP) is 1.89. The van der Waals surface area contributed by atoms with Crippen LogP contribution in [-0.2, 0) is 14.3 Å². The van der Waals surface area contributed by atoms with Gasteiger partial charge in [-0.25, -0.2) is 9.59 Å². The molecule has 0 aliphatic rings. The lowest BCUT2D eigenvalue weighted by Crippen LogP contribution is -2.18. The standard InChI is InChI=1S/C17H14O8/c18-11-4-1-9(7-13(11)20)2-6-15(22)25-16(17(23)24)10-3-5-12(19)14(21)8-10/h1-8,16,18-21H,(H,23,24)/t16-/m1/s1. The van der Waals surface area contributed by atoms with Crippen molar-refractivity contribution in [3.05, 3.63) is 53.6 Å². The number of ether oxygens (including phenoxy) is 1. The zero-order valence-corrected chi connectivity index (χ0v) is 12.7. The lowest BCUT2D eigenvalue weighted by Gasteiger charge is -2.13. The molecule has 8 heteroatoms. The van der Waals surface area contributed by atoms with Gasteiger partial charge in [0.25, 0.3) is 0 Å². The Bertz CT molecular complexity index is 841. The van der Waals surface area contributed by atoms with E-state index in [1.54, 1.807) is 0 Å². The number of esters is 1. The number of benzene rings is 2. The number of carboxylic acids is 1. The summed E-state index contributed by atoms with van der Waals surface area (Å²) in [6.07, 6.45) is 0.522. The maximum atomic E-state index is 11.8. The Morgan fingerprint density at radius 2 is 1.48 bits per heavy atom. The molecule has 0 radical (unpaired) electrons. The molecule has 0 aromatic heterocycles. The Morgan fingerprint density at radius 3 is 2.04 bits per heavy atom. The van der Waals surface area contributed by atoms with E-state index < -0.39 is 29.5 Å². The fourth-order valence-electron chi connectivity index (χ4n) is 1.93. The highest BCUT2D eigenvalue weighted by atomic mass is 16.6. The first-order valence-corrected chi connectivity index (χ1v) is 6.93. The molecule has 0 saturated carbocycles. The second-order valence-corrected chi connectivity index (χ2v) is 4.98. The lowest BCUT2D eigenvalue weighted by atomic mass is 10.1. The van der Waals surface area contributed by atoms with Crippen LogP contribution >= 0.6 is 0 Å². The first-order valence-electron chi connectivity index (χ1n) is 6.93. The van der Waals surface area contributed by atoms with Crippen LogP contribution in [0.3, 0.4) is 0 Å². The molecule has 25 heavy (non-hydrogen) atoms. The Hall–Kier alpha value is -3.68. The summed E-state index contributed by atoms with van der Waals surface area (Å²) in [6.45, 7) is 0. The van der Waals surface area contributed by atoms with Gasteiger partial charge in [-0.3, -0.25) is 0 Å². The molecular formula is C17H14O8. The predicted molar refractivity (Wildman–Crippen MR) is 85.0 cm³/mol.